The minimum absolute atomic E-state index is 0.115. The van der Waals surface area contributed by atoms with E-state index >= 15 is 0 Å². The first-order valence-electron chi connectivity index (χ1n) is 13.8. The first kappa shape index (κ1) is 28.9. The van der Waals surface area contributed by atoms with E-state index in [1.807, 2.05) is 72.8 Å². The van der Waals surface area contributed by atoms with Gasteiger partial charge in [-0.15, -0.1) is 11.3 Å². The van der Waals surface area contributed by atoms with Crippen molar-refractivity contribution in [1.82, 2.24) is 0 Å². The van der Waals surface area contributed by atoms with Crippen LogP contribution in [0.4, 0.5) is 10.7 Å². The summed E-state index contributed by atoms with van der Waals surface area (Å²) in [6.45, 7) is 7.23. The Kier molecular flexibility index (Phi) is 8.81. The van der Waals surface area contributed by atoms with E-state index in [1.54, 1.807) is 24.7 Å². The lowest BCUT2D eigenvalue weighted by Crippen LogP contribution is -2.27. The van der Waals surface area contributed by atoms with Gasteiger partial charge in [-0.05, 0) is 78.1 Å². The molecule has 4 aromatic rings. The highest BCUT2D eigenvalue weighted by molar-refractivity contribution is 7.16. The fraction of sp³-hybridized carbons (Fsp3) is 0.294. The third-order valence-corrected chi connectivity index (χ3v) is 9.12. The molecule has 1 N–H and O–H groups in total. The molecule has 0 spiro atoms. The molecule has 41 heavy (non-hydrogen) atoms. The molecule has 212 valence electrons. The normalized spacial score (nSPS) is 15.0. The number of hydrogen-bond acceptors (Lipinski definition) is 5. The molecular weight excluding hydrogens is 552 g/mol. The summed E-state index contributed by atoms with van der Waals surface area (Å²) in [6, 6.07) is 22.9. The van der Waals surface area contributed by atoms with Crippen LogP contribution in [-0.2, 0) is 19.4 Å². The quantitative estimate of drug-likeness (QED) is 0.209. The average molecular weight is 587 g/mol. The molecule has 1 atom stereocenters. The molecule has 0 unspecified atom stereocenters. The second-order valence-electron chi connectivity index (χ2n) is 11.4. The number of para-hydroxylation sites is 1. The number of nitrogens with zero attached hydrogens (tertiary/aromatic N) is 1. The minimum Gasteiger partial charge on any atom is -0.493 e. The van der Waals surface area contributed by atoms with Gasteiger partial charge in [-0.1, -0.05) is 68.8 Å². The molecule has 0 bridgehead atoms. The predicted octanol–water partition coefficient (Wildman–Crippen LogP) is 9.14. The van der Waals surface area contributed by atoms with Crippen LogP contribution in [0.25, 0.3) is 0 Å². The minimum atomic E-state index is -0.115. The summed E-state index contributed by atoms with van der Waals surface area (Å²) in [6.07, 6.45) is 4.70. The van der Waals surface area contributed by atoms with Crippen molar-refractivity contribution in [3.8, 4) is 11.5 Å². The van der Waals surface area contributed by atoms with Crippen LogP contribution < -0.4 is 14.8 Å². The van der Waals surface area contributed by atoms with Crippen molar-refractivity contribution in [2.24, 2.45) is 16.3 Å². The fourth-order valence-electron chi connectivity index (χ4n) is 5.14. The highest BCUT2D eigenvalue weighted by atomic mass is 35.5. The van der Waals surface area contributed by atoms with Gasteiger partial charge in [0.15, 0.2) is 11.5 Å². The number of methoxy groups -OCH3 is 1. The van der Waals surface area contributed by atoms with Gasteiger partial charge >= 0.3 is 0 Å². The van der Waals surface area contributed by atoms with Crippen molar-refractivity contribution in [3.05, 3.63) is 105 Å². The summed E-state index contributed by atoms with van der Waals surface area (Å²) in [5, 5.41) is 4.47. The molecule has 0 fully saturated rings. The lowest BCUT2D eigenvalue weighted by atomic mass is 9.72. The summed E-state index contributed by atoms with van der Waals surface area (Å²) in [5.41, 5.74) is 4.55. The summed E-state index contributed by atoms with van der Waals surface area (Å²) >= 11 is 7.91. The maximum absolute atomic E-state index is 13.6. The number of aliphatic imine (C=N–C) groups is 1. The van der Waals surface area contributed by atoms with Gasteiger partial charge in [0.25, 0.3) is 5.91 Å². The second-order valence-corrected chi connectivity index (χ2v) is 12.8. The molecule has 1 aliphatic rings. The average Bonchev–Trinajstić information content (AvgIpc) is 3.34. The fourth-order valence-corrected chi connectivity index (χ4v) is 6.60. The van der Waals surface area contributed by atoms with Gasteiger partial charge in [0.2, 0.25) is 0 Å². The number of carbonyl (C=O) groups excluding carboxylic acids is 1. The van der Waals surface area contributed by atoms with E-state index in [0.29, 0.717) is 34.6 Å². The molecule has 7 heteroatoms. The van der Waals surface area contributed by atoms with Crippen LogP contribution in [0.5, 0.6) is 11.5 Å². The highest BCUT2D eigenvalue weighted by Gasteiger charge is 2.33. The van der Waals surface area contributed by atoms with E-state index < -0.39 is 0 Å². The molecule has 0 saturated heterocycles. The Labute approximate surface area is 251 Å². The number of amides is 1. The van der Waals surface area contributed by atoms with E-state index in [1.165, 1.54) is 4.88 Å². The zero-order chi connectivity index (χ0) is 29.0. The van der Waals surface area contributed by atoms with Crippen LogP contribution >= 0.6 is 22.9 Å². The summed E-state index contributed by atoms with van der Waals surface area (Å²) in [4.78, 5) is 19.7. The van der Waals surface area contributed by atoms with Crippen LogP contribution in [0.3, 0.4) is 0 Å². The monoisotopic (exact) mass is 586 g/mol. The van der Waals surface area contributed by atoms with Crippen molar-refractivity contribution in [2.75, 3.05) is 12.4 Å². The number of benzene rings is 3. The molecular formula is C34H35ClN2O3S. The number of anilines is 1. The van der Waals surface area contributed by atoms with Gasteiger partial charge in [-0.3, -0.25) is 4.79 Å². The maximum atomic E-state index is 13.6. The third-order valence-electron chi connectivity index (χ3n) is 7.59. The van der Waals surface area contributed by atoms with Crippen molar-refractivity contribution < 1.29 is 14.3 Å². The van der Waals surface area contributed by atoms with Crippen molar-refractivity contribution in [1.29, 1.82) is 0 Å². The predicted molar refractivity (Wildman–Crippen MR) is 170 cm³/mol. The SMILES string of the molecule is COc1cc(C=Nc2sc3c(c2C(=O)Nc2ccccc2)CC[C@@H](C(C)(C)C)C3)ccc1OCc1ccccc1Cl. The molecule has 1 heterocycles. The highest BCUT2D eigenvalue weighted by Crippen LogP contribution is 2.45. The van der Waals surface area contributed by atoms with Crippen LogP contribution in [-0.4, -0.2) is 19.2 Å². The summed E-state index contributed by atoms with van der Waals surface area (Å²) in [7, 11) is 1.61. The molecule has 0 saturated carbocycles. The van der Waals surface area contributed by atoms with Crippen LogP contribution in [0.1, 0.15) is 59.1 Å². The molecule has 0 radical (unpaired) electrons. The number of ether oxygens (including phenoxy) is 2. The maximum Gasteiger partial charge on any atom is 0.259 e. The second kappa shape index (κ2) is 12.5. The van der Waals surface area contributed by atoms with Gasteiger partial charge in [-0.25, -0.2) is 4.99 Å². The topological polar surface area (TPSA) is 59.9 Å². The zero-order valence-electron chi connectivity index (χ0n) is 23.9. The van der Waals surface area contributed by atoms with Gasteiger partial charge in [0.1, 0.15) is 11.6 Å². The molecule has 5 rings (SSSR count). The lowest BCUT2D eigenvalue weighted by Gasteiger charge is -2.33. The standard InChI is InChI=1S/C34H35ClN2O3S/c1-34(2,3)24-15-16-26-30(19-24)41-33(31(26)32(38)37-25-11-6-5-7-12-25)36-20-22-14-17-28(29(18-22)39-4)40-21-23-10-8-9-13-27(23)35/h5-14,17-18,20,24H,15-16,19,21H2,1-4H3,(H,37,38)/t24-/m1/s1. The van der Waals surface area contributed by atoms with Crippen LogP contribution in [0.2, 0.25) is 5.02 Å². The van der Waals surface area contributed by atoms with E-state index in [4.69, 9.17) is 26.1 Å². The van der Waals surface area contributed by atoms with Crippen molar-refractivity contribution >= 4 is 45.7 Å². The van der Waals surface area contributed by atoms with Gasteiger partial charge in [0.05, 0.1) is 12.7 Å². The molecule has 1 aromatic heterocycles. The van der Waals surface area contributed by atoms with Gasteiger partial charge in [0, 0.05) is 27.4 Å². The first-order chi connectivity index (χ1) is 19.7. The smallest absolute Gasteiger partial charge is 0.259 e. The van der Waals surface area contributed by atoms with Crippen molar-refractivity contribution in [2.45, 2.75) is 46.6 Å². The molecule has 0 aliphatic heterocycles. The van der Waals surface area contributed by atoms with Crippen LogP contribution in [0, 0.1) is 11.3 Å². The van der Waals surface area contributed by atoms with E-state index in [9.17, 15) is 4.79 Å². The summed E-state index contributed by atoms with van der Waals surface area (Å²) in [5.74, 6) is 1.67. The number of carbonyl (C=O) groups is 1. The molecule has 1 amide bonds. The van der Waals surface area contributed by atoms with Gasteiger partial charge in [-0.2, -0.15) is 0 Å². The first-order valence-corrected chi connectivity index (χ1v) is 15.0. The zero-order valence-corrected chi connectivity index (χ0v) is 25.4. The lowest BCUT2D eigenvalue weighted by molar-refractivity contribution is 0.102. The molecule has 5 nitrogen and oxygen atoms in total. The van der Waals surface area contributed by atoms with Crippen molar-refractivity contribution in [3.63, 3.8) is 0 Å². The largest absolute Gasteiger partial charge is 0.493 e. The summed E-state index contributed by atoms with van der Waals surface area (Å²) < 4.78 is 11.6. The van der Waals surface area contributed by atoms with Crippen LogP contribution in [0.15, 0.2) is 77.8 Å². The number of fused-ring (bicyclic) bond motifs is 1. The Morgan fingerprint density at radius 2 is 1.83 bits per heavy atom. The van der Waals surface area contributed by atoms with E-state index in [0.717, 1.165) is 46.6 Å². The number of hydrogen-bond donors (Lipinski definition) is 1. The number of halogens is 1. The Balaban J connectivity index is 1.41. The number of nitrogens with one attached hydrogen (secondary N) is 1. The Morgan fingerprint density at radius 3 is 2.56 bits per heavy atom. The molecule has 1 aliphatic carbocycles. The number of rotatable bonds is 8. The third kappa shape index (κ3) is 6.83. The molecule has 3 aromatic carbocycles. The van der Waals surface area contributed by atoms with E-state index in [2.05, 4.69) is 26.1 Å². The Bertz CT molecular complexity index is 1560. The Hall–Kier alpha value is -3.61. The van der Waals surface area contributed by atoms with Gasteiger partial charge < -0.3 is 14.8 Å². The number of thiophene rings is 1. The van der Waals surface area contributed by atoms with E-state index in [-0.39, 0.29) is 11.3 Å². The Morgan fingerprint density at radius 1 is 1.07 bits per heavy atom.